The summed E-state index contributed by atoms with van der Waals surface area (Å²) in [5, 5.41) is 8.53. The highest BCUT2D eigenvalue weighted by atomic mass is 15.1. The second-order valence-electron chi connectivity index (χ2n) is 3.83. The molecule has 13 heavy (non-hydrogen) atoms. The smallest absolute Gasteiger partial charge is 0.0635 e. The van der Waals surface area contributed by atoms with Gasteiger partial charge in [-0.15, -0.1) is 0 Å². The van der Waals surface area contributed by atoms with Crippen molar-refractivity contribution in [2.75, 3.05) is 13.1 Å². The maximum Gasteiger partial charge on any atom is 0.0635 e. The second-order valence-corrected chi connectivity index (χ2v) is 3.83. The molecule has 0 radical (unpaired) electrons. The molecule has 74 valence electrons. The van der Waals surface area contributed by atoms with E-state index in [1.165, 1.54) is 32.1 Å². The van der Waals surface area contributed by atoms with Gasteiger partial charge in [0.15, 0.2) is 0 Å². The number of nitrogens with zero attached hydrogens (tertiary/aromatic N) is 2. The lowest BCUT2D eigenvalue weighted by molar-refractivity contribution is 0.167. The van der Waals surface area contributed by atoms with Crippen molar-refractivity contribution in [3.8, 4) is 6.07 Å². The van der Waals surface area contributed by atoms with E-state index < -0.39 is 0 Å². The van der Waals surface area contributed by atoms with Crippen LogP contribution in [0.4, 0.5) is 0 Å². The third-order valence-electron chi connectivity index (χ3n) is 3.01. The van der Waals surface area contributed by atoms with Gasteiger partial charge in [-0.05, 0) is 19.4 Å². The highest BCUT2D eigenvalue weighted by molar-refractivity contribution is 4.78. The second kappa shape index (κ2) is 5.99. The predicted molar refractivity (Wildman–Crippen MR) is 54.4 cm³/mol. The Morgan fingerprint density at radius 2 is 2.00 bits per heavy atom. The molecule has 1 fully saturated rings. The van der Waals surface area contributed by atoms with Crippen molar-refractivity contribution < 1.29 is 0 Å². The van der Waals surface area contributed by atoms with Crippen LogP contribution in [0.25, 0.3) is 0 Å². The monoisotopic (exact) mass is 180 g/mol. The van der Waals surface area contributed by atoms with E-state index in [9.17, 15) is 0 Å². The molecule has 0 heterocycles. The van der Waals surface area contributed by atoms with Gasteiger partial charge in [0.2, 0.25) is 0 Å². The van der Waals surface area contributed by atoms with Gasteiger partial charge in [-0.3, -0.25) is 4.90 Å². The largest absolute Gasteiger partial charge is 0.300 e. The summed E-state index contributed by atoms with van der Waals surface area (Å²) >= 11 is 0. The Morgan fingerprint density at radius 1 is 1.31 bits per heavy atom. The minimum atomic E-state index is 0.685. The first-order chi connectivity index (χ1) is 6.38. The first-order valence-corrected chi connectivity index (χ1v) is 5.49. The average Bonchev–Trinajstić information content (AvgIpc) is 2.21. The van der Waals surface area contributed by atoms with Crippen LogP contribution in [0.3, 0.4) is 0 Å². The minimum Gasteiger partial charge on any atom is -0.300 e. The third kappa shape index (κ3) is 3.36. The topological polar surface area (TPSA) is 27.0 Å². The molecule has 0 atom stereocenters. The van der Waals surface area contributed by atoms with Crippen molar-refractivity contribution in [1.29, 1.82) is 5.26 Å². The van der Waals surface area contributed by atoms with Crippen LogP contribution in [-0.2, 0) is 0 Å². The van der Waals surface area contributed by atoms with E-state index in [4.69, 9.17) is 5.26 Å². The fraction of sp³-hybridized carbons (Fsp3) is 0.909. The van der Waals surface area contributed by atoms with E-state index in [2.05, 4.69) is 17.9 Å². The fourth-order valence-corrected chi connectivity index (χ4v) is 2.24. The van der Waals surface area contributed by atoms with Crippen LogP contribution in [0.2, 0.25) is 0 Å². The molecule has 2 heteroatoms. The highest BCUT2D eigenvalue weighted by Crippen LogP contribution is 2.22. The SMILES string of the molecule is CCN(CCC#N)C1CCCCC1. The van der Waals surface area contributed by atoms with Gasteiger partial charge in [-0.25, -0.2) is 0 Å². The van der Waals surface area contributed by atoms with Crippen LogP contribution in [0.1, 0.15) is 45.4 Å². The van der Waals surface area contributed by atoms with E-state index in [1.807, 2.05) is 0 Å². The standard InChI is InChI=1S/C11H20N2/c1-2-13(10-6-9-12)11-7-4-3-5-8-11/h11H,2-8,10H2,1H3. The van der Waals surface area contributed by atoms with Crippen LogP contribution in [0, 0.1) is 11.3 Å². The summed E-state index contributed by atoms with van der Waals surface area (Å²) in [5.41, 5.74) is 0. The highest BCUT2D eigenvalue weighted by Gasteiger charge is 2.18. The van der Waals surface area contributed by atoms with Crippen LogP contribution < -0.4 is 0 Å². The van der Waals surface area contributed by atoms with Crippen molar-refractivity contribution in [2.45, 2.75) is 51.5 Å². The van der Waals surface area contributed by atoms with Crippen LogP contribution >= 0.6 is 0 Å². The first-order valence-electron chi connectivity index (χ1n) is 5.49. The molecule has 1 aliphatic rings. The average molecular weight is 180 g/mol. The van der Waals surface area contributed by atoms with Gasteiger partial charge in [0.1, 0.15) is 0 Å². The van der Waals surface area contributed by atoms with Gasteiger partial charge < -0.3 is 0 Å². The molecule has 0 bridgehead atoms. The van der Waals surface area contributed by atoms with Crippen molar-refractivity contribution in [1.82, 2.24) is 4.90 Å². The van der Waals surface area contributed by atoms with Gasteiger partial charge in [0, 0.05) is 19.0 Å². The zero-order valence-electron chi connectivity index (χ0n) is 8.63. The Labute approximate surface area is 81.5 Å². The molecule has 1 saturated carbocycles. The molecule has 0 aromatic carbocycles. The summed E-state index contributed by atoms with van der Waals surface area (Å²) in [7, 11) is 0. The molecule has 2 nitrogen and oxygen atoms in total. The molecule has 0 aromatic heterocycles. The zero-order valence-corrected chi connectivity index (χ0v) is 8.63. The summed E-state index contributed by atoms with van der Waals surface area (Å²) in [6, 6.07) is 3.00. The maximum absolute atomic E-state index is 8.53. The van der Waals surface area contributed by atoms with Crippen molar-refractivity contribution in [3.05, 3.63) is 0 Å². The lowest BCUT2D eigenvalue weighted by atomic mass is 9.94. The van der Waals surface area contributed by atoms with E-state index in [1.54, 1.807) is 0 Å². The molecule has 0 aliphatic heterocycles. The zero-order chi connectivity index (χ0) is 9.52. The van der Waals surface area contributed by atoms with Crippen molar-refractivity contribution in [2.24, 2.45) is 0 Å². The van der Waals surface area contributed by atoms with E-state index >= 15 is 0 Å². The molecular weight excluding hydrogens is 160 g/mol. The molecule has 0 saturated heterocycles. The molecule has 0 N–H and O–H groups in total. The summed E-state index contributed by atoms with van der Waals surface area (Å²) in [4.78, 5) is 2.47. The number of nitriles is 1. The molecule has 0 spiro atoms. The normalized spacial score (nSPS) is 18.8. The van der Waals surface area contributed by atoms with Crippen LogP contribution in [0.15, 0.2) is 0 Å². The summed E-state index contributed by atoms with van der Waals surface area (Å²) < 4.78 is 0. The van der Waals surface area contributed by atoms with Gasteiger partial charge >= 0.3 is 0 Å². The lowest BCUT2D eigenvalue weighted by Gasteiger charge is -2.32. The molecular formula is C11H20N2. The van der Waals surface area contributed by atoms with Crippen molar-refractivity contribution in [3.63, 3.8) is 0 Å². The van der Waals surface area contributed by atoms with E-state index in [0.29, 0.717) is 6.42 Å². The number of rotatable bonds is 4. The molecule has 0 amide bonds. The van der Waals surface area contributed by atoms with Crippen molar-refractivity contribution >= 4 is 0 Å². The van der Waals surface area contributed by atoms with Crippen LogP contribution in [0.5, 0.6) is 0 Å². The van der Waals surface area contributed by atoms with Gasteiger partial charge in [-0.1, -0.05) is 26.2 Å². The fourth-order valence-electron chi connectivity index (χ4n) is 2.24. The Morgan fingerprint density at radius 3 is 2.54 bits per heavy atom. The Kier molecular flexibility index (Phi) is 4.85. The van der Waals surface area contributed by atoms with Gasteiger partial charge in [-0.2, -0.15) is 5.26 Å². The Bertz CT molecular complexity index is 165. The van der Waals surface area contributed by atoms with Crippen LogP contribution in [-0.4, -0.2) is 24.0 Å². The van der Waals surface area contributed by atoms with Gasteiger partial charge in [0.25, 0.3) is 0 Å². The molecule has 0 unspecified atom stereocenters. The minimum absolute atomic E-state index is 0.685. The molecule has 1 aliphatic carbocycles. The summed E-state index contributed by atoms with van der Waals surface area (Å²) in [6.07, 6.45) is 7.55. The van der Waals surface area contributed by atoms with E-state index in [-0.39, 0.29) is 0 Å². The quantitative estimate of drug-likeness (QED) is 0.665. The van der Waals surface area contributed by atoms with Gasteiger partial charge in [0.05, 0.1) is 6.07 Å². The summed E-state index contributed by atoms with van der Waals surface area (Å²) in [5.74, 6) is 0. The maximum atomic E-state index is 8.53. The molecule has 1 rings (SSSR count). The van der Waals surface area contributed by atoms with E-state index in [0.717, 1.165) is 19.1 Å². The number of hydrogen-bond donors (Lipinski definition) is 0. The molecule has 0 aromatic rings. The predicted octanol–water partition coefficient (Wildman–Crippen LogP) is 2.55. The summed E-state index contributed by atoms with van der Waals surface area (Å²) in [6.45, 7) is 4.27. The first kappa shape index (κ1) is 10.5. The third-order valence-corrected chi connectivity index (χ3v) is 3.01. The Hall–Kier alpha value is -0.550. The lowest BCUT2D eigenvalue weighted by Crippen LogP contribution is -2.37. The Balaban J connectivity index is 2.31. The number of hydrogen-bond acceptors (Lipinski definition) is 2.